The quantitative estimate of drug-likeness (QED) is 0.109. The van der Waals surface area contributed by atoms with Crippen molar-refractivity contribution in [2.75, 3.05) is 13.6 Å². The van der Waals surface area contributed by atoms with Crippen molar-refractivity contribution < 1.29 is 58.7 Å². The summed E-state index contributed by atoms with van der Waals surface area (Å²) in [5.41, 5.74) is -2.62. The number of aromatic hydroxyl groups is 1. The van der Waals surface area contributed by atoms with Crippen LogP contribution in [-0.2, 0) is 33.6 Å². The van der Waals surface area contributed by atoms with E-state index in [0.717, 1.165) is 4.90 Å². The fraction of sp³-hybridized carbons (Fsp3) is 0.417. The zero-order chi connectivity index (χ0) is 41.5. The highest BCUT2D eigenvalue weighted by atomic mass is 35.5. The molecule has 9 N–H and O–H groups in total. The summed E-state index contributed by atoms with van der Waals surface area (Å²) in [6.45, 7) is 11.3. The first-order valence-electron chi connectivity index (χ1n) is 17.0. The molecule has 55 heavy (non-hydrogen) atoms. The minimum Gasteiger partial charge on any atom is -0.503 e. The summed E-state index contributed by atoms with van der Waals surface area (Å²) in [6, 6.07) is -3.37. The third-order valence-electron chi connectivity index (χ3n) is 9.22. The van der Waals surface area contributed by atoms with Crippen molar-refractivity contribution in [3.8, 4) is 11.5 Å². The number of halogens is 1. The van der Waals surface area contributed by atoms with Crippen molar-refractivity contribution in [1.29, 1.82) is 0 Å². The number of benzene rings is 1. The number of fused-ring (bicyclic) bond motifs is 2. The van der Waals surface area contributed by atoms with Gasteiger partial charge in [-0.05, 0) is 69.5 Å². The number of hydrogen-bond donors (Lipinski definition) is 9. The number of carbonyl (C=O) groups is 7. The molecule has 0 aromatic heterocycles. The number of nitrogens with zero attached hydrogens (tertiary/aromatic N) is 1. The minimum absolute atomic E-state index is 0.0204. The molecule has 0 fully saturated rings. The number of hydrogen-bond acceptors (Lipinski definition) is 11. The number of phenolic OH excluding ortho intramolecular Hbond substituents is 1. The number of aliphatic hydroxyl groups is 1. The van der Waals surface area contributed by atoms with Crippen LogP contribution in [0.25, 0.3) is 0 Å². The van der Waals surface area contributed by atoms with Gasteiger partial charge in [-0.2, -0.15) is 0 Å². The Morgan fingerprint density at radius 2 is 1.75 bits per heavy atom. The topological polar surface area (TPSA) is 273 Å². The zero-order valence-corrected chi connectivity index (χ0v) is 31.7. The van der Waals surface area contributed by atoms with Gasteiger partial charge < -0.3 is 56.6 Å². The number of ether oxygens (including phenoxy) is 1. The Hall–Kier alpha value is -5.72. The molecule has 2 bridgehead atoms. The van der Waals surface area contributed by atoms with Crippen LogP contribution >= 0.6 is 11.6 Å². The lowest BCUT2D eigenvalue weighted by atomic mass is 9.90. The predicted molar refractivity (Wildman–Crippen MR) is 196 cm³/mol. The zero-order valence-electron chi connectivity index (χ0n) is 31.0. The molecule has 0 saturated heterocycles. The lowest BCUT2D eigenvalue weighted by Crippen LogP contribution is -2.65. The predicted octanol–water partition coefficient (Wildman–Crippen LogP) is 0.510. The molecule has 0 aliphatic carbocycles. The number of carboxylic acids is 2. The lowest BCUT2D eigenvalue weighted by Gasteiger charge is -2.40. The molecule has 0 unspecified atom stereocenters. The molecule has 0 radical (unpaired) electrons. The number of aliphatic carboxylic acids is 2. The number of carbonyl (C=O) groups excluding carboxylic acids is 5. The highest BCUT2D eigenvalue weighted by Crippen LogP contribution is 2.41. The van der Waals surface area contributed by atoms with E-state index in [-0.39, 0.29) is 52.9 Å². The number of likely N-dealkylation sites (N-methyl/N-ethyl adjacent to an activating group) is 1. The van der Waals surface area contributed by atoms with E-state index in [1.807, 2.05) is 5.32 Å². The summed E-state index contributed by atoms with van der Waals surface area (Å²) in [7, 11) is 1.40. The summed E-state index contributed by atoms with van der Waals surface area (Å²) in [6.07, 6.45) is 1.71. The maximum Gasteiger partial charge on any atom is 0.352 e. The molecule has 2 heterocycles. The Morgan fingerprint density at radius 1 is 1.09 bits per heavy atom. The molecule has 2 aliphatic heterocycles. The van der Waals surface area contributed by atoms with Gasteiger partial charge in [0.25, 0.3) is 17.7 Å². The maximum absolute atomic E-state index is 14.7. The van der Waals surface area contributed by atoms with Crippen LogP contribution in [0.15, 0.2) is 59.5 Å². The van der Waals surface area contributed by atoms with Gasteiger partial charge in [0.15, 0.2) is 11.5 Å². The standard InChI is InChI=1S/C36H45ClN6O12/c1-8-17(5)25(32(50)39-20(35(53)54)15-23(44)45)41-30(48)21-11-10-12-43(21)34(52)29-36(6,9-2)55-22-14-18(13-19(37)28(22)47)27(46)26(38-7)33(51)40-24(16(3)4)31(49)42-29/h10-11,13-15,21,24,26-27,29,38,46-47H,3,8-9,12H2,1-2,4-7H3,(H,39,50)(H,40,51)(H,41,48)(H,42,49)(H,44,45)(H,53,54)/b20-15+,25-17+/t21-,24-,26-,27-,29+,36+/m0/s1. The number of carboxylic acid groups (broad SMARTS) is 2. The minimum atomic E-state index is -1.75. The molecule has 18 nitrogen and oxygen atoms in total. The number of rotatable bonds is 11. The summed E-state index contributed by atoms with van der Waals surface area (Å²) < 4.78 is 6.29. The monoisotopic (exact) mass is 788 g/mol. The second kappa shape index (κ2) is 18.1. The Bertz CT molecular complexity index is 1880. The van der Waals surface area contributed by atoms with Crippen LogP contribution < -0.4 is 31.3 Å². The summed E-state index contributed by atoms with van der Waals surface area (Å²) in [4.78, 5) is 92.9. The molecule has 0 saturated carbocycles. The van der Waals surface area contributed by atoms with E-state index < -0.39 is 94.5 Å². The van der Waals surface area contributed by atoms with Crippen molar-refractivity contribution in [2.45, 2.75) is 83.3 Å². The number of nitrogens with one attached hydrogen (secondary N) is 5. The molecule has 1 aromatic rings. The van der Waals surface area contributed by atoms with Gasteiger partial charge in [0.2, 0.25) is 11.8 Å². The third kappa shape index (κ3) is 9.88. The molecule has 2 aliphatic rings. The number of allylic oxidation sites excluding steroid dienone is 1. The van der Waals surface area contributed by atoms with Crippen LogP contribution in [0.3, 0.4) is 0 Å². The fourth-order valence-electron chi connectivity index (χ4n) is 5.73. The van der Waals surface area contributed by atoms with E-state index in [9.17, 15) is 48.9 Å². The Kier molecular flexibility index (Phi) is 14.4. The maximum atomic E-state index is 14.7. The Morgan fingerprint density at radius 3 is 2.29 bits per heavy atom. The third-order valence-corrected chi connectivity index (χ3v) is 9.51. The van der Waals surface area contributed by atoms with Crippen LogP contribution in [-0.4, -0.2) is 110 Å². The van der Waals surface area contributed by atoms with E-state index in [2.05, 4.69) is 27.8 Å². The average molecular weight is 789 g/mol. The van der Waals surface area contributed by atoms with Crippen LogP contribution in [0.2, 0.25) is 5.02 Å². The highest BCUT2D eigenvalue weighted by Gasteiger charge is 2.47. The molecular weight excluding hydrogens is 744 g/mol. The van der Waals surface area contributed by atoms with Crippen molar-refractivity contribution in [2.24, 2.45) is 0 Å². The average Bonchev–Trinajstić information content (AvgIpc) is 3.62. The van der Waals surface area contributed by atoms with Gasteiger partial charge in [0, 0.05) is 6.54 Å². The molecule has 6 atom stereocenters. The van der Waals surface area contributed by atoms with Crippen LogP contribution in [0.5, 0.6) is 11.5 Å². The van der Waals surface area contributed by atoms with E-state index in [1.165, 1.54) is 52.1 Å². The lowest BCUT2D eigenvalue weighted by molar-refractivity contribution is -0.146. The summed E-state index contributed by atoms with van der Waals surface area (Å²) in [5.74, 6) is -8.94. The van der Waals surface area contributed by atoms with Gasteiger partial charge in [-0.15, -0.1) is 0 Å². The Labute approximate surface area is 321 Å². The van der Waals surface area contributed by atoms with Gasteiger partial charge in [0.1, 0.15) is 47.3 Å². The normalized spacial score (nSPS) is 24.8. The van der Waals surface area contributed by atoms with Crippen LogP contribution in [0.4, 0.5) is 0 Å². The first-order chi connectivity index (χ1) is 25.7. The van der Waals surface area contributed by atoms with Crippen LogP contribution in [0.1, 0.15) is 59.1 Å². The fourth-order valence-corrected chi connectivity index (χ4v) is 5.95. The number of amides is 5. The van der Waals surface area contributed by atoms with Gasteiger partial charge in [0.05, 0.1) is 11.1 Å². The molecule has 3 rings (SSSR count). The SMILES string of the molecule is C=C(C)[C@@H]1NC(=O)[C@@H](NC)[C@@H](O)c2cc(Cl)c(O)c(c2)O[C@](C)(CC)[C@@H](C(=O)N2CC=C[C@H]2C(=O)N/C(C(=O)N/C(=C/C(=O)O)C(=O)O)=C(\C)CC)NC1=O. The molecular formula is C36H45ClN6O12. The molecule has 1 aromatic carbocycles. The molecule has 0 spiro atoms. The van der Waals surface area contributed by atoms with Gasteiger partial charge in [-0.3, -0.25) is 24.0 Å². The number of phenols is 1. The van der Waals surface area contributed by atoms with Crippen molar-refractivity contribution in [3.63, 3.8) is 0 Å². The summed E-state index contributed by atoms with van der Waals surface area (Å²) in [5, 5.41) is 52.6. The Balaban J connectivity index is 2.11. The van der Waals surface area contributed by atoms with Crippen molar-refractivity contribution >= 4 is 53.1 Å². The van der Waals surface area contributed by atoms with Crippen LogP contribution in [0, 0.1) is 0 Å². The van der Waals surface area contributed by atoms with Gasteiger partial charge in [-0.1, -0.05) is 44.2 Å². The van der Waals surface area contributed by atoms with Gasteiger partial charge in [-0.25, -0.2) is 9.59 Å². The summed E-state index contributed by atoms with van der Waals surface area (Å²) >= 11 is 6.33. The van der Waals surface area contributed by atoms with E-state index in [4.69, 9.17) is 21.4 Å². The van der Waals surface area contributed by atoms with Gasteiger partial charge >= 0.3 is 11.9 Å². The molecule has 5 amide bonds. The van der Waals surface area contributed by atoms with E-state index in [0.29, 0.717) is 0 Å². The second-order valence-electron chi connectivity index (χ2n) is 13.1. The first-order valence-corrected chi connectivity index (χ1v) is 17.4. The number of aliphatic hydroxyl groups excluding tert-OH is 1. The van der Waals surface area contributed by atoms with Crippen molar-refractivity contribution in [3.05, 3.63) is 70.1 Å². The van der Waals surface area contributed by atoms with Crippen molar-refractivity contribution in [1.82, 2.24) is 31.5 Å². The largest absolute Gasteiger partial charge is 0.503 e. The molecule has 298 valence electrons. The van der Waals surface area contributed by atoms with E-state index in [1.54, 1.807) is 13.8 Å². The first kappa shape index (κ1) is 43.7. The smallest absolute Gasteiger partial charge is 0.352 e. The second-order valence-corrected chi connectivity index (χ2v) is 13.5. The highest BCUT2D eigenvalue weighted by molar-refractivity contribution is 6.32. The van der Waals surface area contributed by atoms with E-state index >= 15 is 0 Å². The molecule has 19 heteroatoms.